The van der Waals surface area contributed by atoms with Gasteiger partial charge in [-0.05, 0) is 37.2 Å². The van der Waals surface area contributed by atoms with E-state index in [-0.39, 0.29) is 11.5 Å². The van der Waals surface area contributed by atoms with E-state index in [0.717, 1.165) is 57.5 Å². The molecule has 120 valence electrons. The second-order valence-electron chi connectivity index (χ2n) is 5.10. The summed E-state index contributed by atoms with van der Waals surface area (Å²) in [6.45, 7) is 4.82. The maximum atomic E-state index is 13.4. The van der Waals surface area contributed by atoms with E-state index in [2.05, 4.69) is 10.2 Å². The minimum absolute atomic E-state index is 0.0588. The summed E-state index contributed by atoms with van der Waals surface area (Å²) in [5, 5.41) is 2.73. The lowest BCUT2D eigenvalue weighted by Crippen LogP contribution is -2.38. The smallest absolute Gasteiger partial charge is 0.244 e. The molecule has 1 aromatic carbocycles. The van der Waals surface area contributed by atoms with Crippen LogP contribution in [0.5, 0.6) is 0 Å². The van der Waals surface area contributed by atoms with Gasteiger partial charge in [0.2, 0.25) is 5.91 Å². The van der Waals surface area contributed by atoms with E-state index in [9.17, 15) is 13.6 Å². The van der Waals surface area contributed by atoms with Gasteiger partial charge in [-0.1, -0.05) is 0 Å². The van der Waals surface area contributed by atoms with Gasteiger partial charge in [0.25, 0.3) is 0 Å². The SMILES string of the molecule is O=C(/C=C/c1cc(F)ccc1F)NCCCN1CCOCC1. The molecule has 0 saturated carbocycles. The molecule has 1 fully saturated rings. The molecule has 0 unspecified atom stereocenters. The molecule has 0 radical (unpaired) electrons. The van der Waals surface area contributed by atoms with Crippen molar-refractivity contribution < 1.29 is 18.3 Å². The number of halogens is 2. The number of amides is 1. The monoisotopic (exact) mass is 310 g/mol. The van der Waals surface area contributed by atoms with Crippen molar-refractivity contribution in [3.8, 4) is 0 Å². The molecule has 1 aliphatic rings. The van der Waals surface area contributed by atoms with Crippen LogP contribution in [0.2, 0.25) is 0 Å². The Bertz CT molecular complexity index is 529. The fraction of sp³-hybridized carbons (Fsp3) is 0.438. The van der Waals surface area contributed by atoms with E-state index in [0.29, 0.717) is 6.54 Å². The van der Waals surface area contributed by atoms with Gasteiger partial charge in [-0.2, -0.15) is 0 Å². The van der Waals surface area contributed by atoms with Gasteiger partial charge in [0, 0.05) is 31.3 Å². The number of carbonyl (C=O) groups excluding carboxylic acids is 1. The van der Waals surface area contributed by atoms with Crippen LogP contribution < -0.4 is 5.32 Å². The number of nitrogens with zero attached hydrogens (tertiary/aromatic N) is 1. The van der Waals surface area contributed by atoms with Crippen LogP contribution in [0.15, 0.2) is 24.3 Å². The summed E-state index contributed by atoms with van der Waals surface area (Å²) in [5.74, 6) is -1.41. The summed E-state index contributed by atoms with van der Waals surface area (Å²) >= 11 is 0. The van der Waals surface area contributed by atoms with E-state index in [1.165, 1.54) is 12.2 Å². The first-order valence-corrected chi connectivity index (χ1v) is 7.36. The molecule has 0 spiro atoms. The molecule has 2 rings (SSSR count). The molecule has 0 atom stereocenters. The predicted molar refractivity (Wildman–Crippen MR) is 80.3 cm³/mol. The molecule has 6 heteroatoms. The zero-order valence-corrected chi connectivity index (χ0v) is 12.4. The molecule has 1 aliphatic heterocycles. The van der Waals surface area contributed by atoms with Crippen LogP contribution in [0.25, 0.3) is 6.08 Å². The summed E-state index contributed by atoms with van der Waals surface area (Å²) in [6, 6.07) is 3.13. The summed E-state index contributed by atoms with van der Waals surface area (Å²) in [4.78, 5) is 13.9. The van der Waals surface area contributed by atoms with Gasteiger partial charge in [-0.25, -0.2) is 8.78 Å². The average molecular weight is 310 g/mol. The van der Waals surface area contributed by atoms with Crippen molar-refractivity contribution in [2.75, 3.05) is 39.4 Å². The second kappa shape index (κ2) is 8.60. The third-order valence-corrected chi connectivity index (χ3v) is 3.43. The summed E-state index contributed by atoms with van der Waals surface area (Å²) in [5.41, 5.74) is 0.0588. The number of carbonyl (C=O) groups is 1. The predicted octanol–water partition coefficient (Wildman–Crippen LogP) is 1.82. The van der Waals surface area contributed by atoms with Gasteiger partial charge in [0.1, 0.15) is 11.6 Å². The fourth-order valence-corrected chi connectivity index (χ4v) is 2.21. The summed E-state index contributed by atoms with van der Waals surface area (Å²) in [7, 11) is 0. The number of benzene rings is 1. The van der Waals surface area contributed by atoms with Gasteiger partial charge in [0.15, 0.2) is 0 Å². The Labute approximate surface area is 128 Å². The Balaban J connectivity index is 1.68. The standard InChI is InChI=1S/C16H20F2N2O2/c17-14-3-4-15(18)13(12-14)2-5-16(21)19-6-1-7-20-8-10-22-11-9-20/h2-5,12H,1,6-11H2,(H,19,21)/b5-2+. The molecule has 0 aromatic heterocycles. The van der Waals surface area contributed by atoms with Gasteiger partial charge < -0.3 is 10.1 Å². The Hall–Kier alpha value is -1.79. The first kappa shape index (κ1) is 16.6. The molecule has 1 saturated heterocycles. The lowest BCUT2D eigenvalue weighted by atomic mass is 10.2. The maximum Gasteiger partial charge on any atom is 0.244 e. The van der Waals surface area contributed by atoms with E-state index in [1.807, 2.05) is 0 Å². The highest BCUT2D eigenvalue weighted by Crippen LogP contribution is 2.11. The highest BCUT2D eigenvalue weighted by Gasteiger charge is 2.09. The average Bonchev–Trinajstić information content (AvgIpc) is 2.53. The van der Waals surface area contributed by atoms with Crippen LogP contribution in [0.4, 0.5) is 8.78 Å². The molecule has 0 aliphatic carbocycles. The quantitative estimate of drug-likeness (QED) is 0.644. The number of rotatable bonds is 6. The first-order chi connectivity index (χ1) is 10.6. The Morgan fingerprint density at radius 1 is 1.32 bits per heavy atom. The highest BCUT2D eigenvalue weighted by atomic mass is 19.1. The zero-order valence-electron chi connectivity index (χ0n) is 12.4. The zero-order chi connectivity index (χ0) is 15.8. The molecule has 1 aromatic rings. The van der Waals surface area contributed by atoms with Crippen molar-refractivity contribution in [2.24, 2.45) is 0 Å². The van der Waals surface area contributed by atoms with Crippen molar-refractivity contribution in [1.82, 2.24) is 10.2 Å². The van der Waals surface area contributed by atoms with Crippen molar-refractivity contribution in [2.45, 2.75) is 6.42 Å². The minimum atomic E-state index is -0.558. The molecular weight excluding hydrogens is 290 g/mol. The molecule has 1 amide bonds. The first-order valence-electron chi connectivity index (χ1n) is 7.36. The third-order valence-electron chi connectivity index (χ3n) is 3.43. The van der Waals surface area contributed by atoms with Crippen molar-refractivity contribution in [1.29, 1.82) is 0 Å². The summed E-state index contributed by atoms with van der Waals surface area (Å²) in [6.07, 6.45) is 3.33. The lowest BCUT2D eigenvalue weighted by Gasteiger charge is -2.26. The van der Waals surface area contributed by atoms with Crippen LogP contribution in [0, 0.1) is 11.6 Å². The van der Waals surface area contributed by atoms with Crippen LogP contribution in [0.3, 0.4) is 0 Å². The summed E-state index contributed by atoms with van der Waals surface area (Å²) < 4.78 is 31.6. The Kier molecular flexibility index (Phi) is 6.48. The Morgan fingerprint density at radius 2 is 2.09 bits per heavy atom. The normalized spacial score (nSPS) is 16.1. The van der Waals surface area contributed by atoms with Crippen molar-refractivity contribution in [3.05, 3.63) is 41.5 Å². The van der Waals surface area contributed by atoms with Crippen LogP contribution >= 0.6 is 0 Å². The van der Waals surface area contributed by atoms with Crippen molar-refractivity contribution in [3.63, 3.8) is 0 Å². The molecule has 0 bridgehead atoms. The van der Waals surface area contributed by atoms with E-state index < -0.39 is 11.6 Å². The molecular formula is C16H20F2N2O2. The molecule has 4 nitrogen and oxygen atoms in total. The van der Waals surface area contributed by atoms with Crippen LogP contribution in [0.1, 0.15) is 12.0 Å². The maximum absolute atomic E-state index is 13.4. The number of hydrogen-bond donors (Lipinski definition) is 1. The van der Waals surface area contributed by atoms with Crippen LogP contribution in [-0.4, -0.2) is 50.2 Å². The van der Waals surface area contributed by atoms with Gasteiger partial charge >= 0.3 is 0 Å². The number of ether oxygens (including phenoxy) is 1. The number of morpholine rings is 1. The van der Waals surface area contributed by atoms with Crippen LogP contribution in [-0.2, 0) is 9.53 Å². The fourth-order valence-electron chi connectivity index (χ4n) is 2.21. The minimum Gasteiger partial charge on any atom is -0.379 e. The molecule has 22 heavy (non-hydrogen) atoms. The van der Waals surface area contributed by atoms with Crippen molar-refractivity contribution >= 4 is 12.0 Å². The van der Waals surface area contributed by atoms with Gasteiger partial charge in [0.05, 0.1) is 13.2 Å². The van der Waals surface area contributed by atoms with E-state index in [4.69, 9.17) is 4.74 Å². The third kappa shape index (κ3) is 5.54. The van der Waals surface area contributed by atoms with E-state index >= 15 is 0 Å². The second-order valence-corrected chi connectivity index (χ2v) is 5.10. The largest absolute Gasteiger partial charge is 0.379 e. The highest BCUT2D eigenvalue weighted by molar-refractivity contribution is 5.91. The molecule has 1 N–H and O–H groups in total. The van der Waals surface area contributed by atoms with Gasteiger partial charge in [-0.3, -0.25) is 9.69 Å². The molecule has 1 heterocycles. The Morgan fingerprint density at radius 3 is 2.86 bits per heavy atom. The van der Waals surface area contributed by atoms with Gasteiger partial charge in [-0.15, -0.1) is 0 Å². The number of hydrogen-bond acceptors (Lipinski definition) is 3. The van der Waals surface area contributed by atoms with E-state index in [1.54, 1.807) is 0 Å². The lowest BCUT2D eigenvalue weighted by molar-refractivity contribution is -0.116. The number of nitrogens with one attached hydrogen (secondary N) is 1. The topological polar surface area (TPSA) is 41.6 Å².